The summed E-state index contributed by atoms with van der Waals surface area (Å²) in [7, 11) is 0. The fourth-order valence-corrected chi connectivity index (χ4v) is 1.64. The van der Waals surface area contributed by atoms with Crippen molar-refractivity contribution in [3.63, 3.8) is 0 Å². The second kappa shape index (κ2) is 3.90. The predicted molar refractivity (Wildman–Crippen MR) is 54.2 cm³/mol. The van der Waals surface area contributed by atoms with Crippen LogP contribution in [0, 0.1) is 0 Å². The minimum Gasteiger partial charge on any atom is -0.370 e. The summed E-state index contributed by atoms with van der Waals surface area (Å²) in [5, 5.41) is 3.92. The zero-order valence-electron chi connectivity index (χ0n) is 9.19. The number of ether oxygens (including phenoxy) is 1. The van der Waals surface area contributed by atoms with Crippen molar-refractivity contribution in [1.29, 1.82) is 0 Å². The molecule has 0 aromatic carbocycles. The molecule has 0 spiro atoms. The zero-order valence-corrected chi connectivity index (χ0v) is 9.19. The van der Waals surface area contributed by atoms with E-state index in [0.717, 1.165) is 19.4 Å². The monoisotopic (exact) mass is 211 g/mol. The van der Waals surface area contributed by atoms with Gasteiger partial charge in [-0.15, -0.1) is 0 Å². The Balaban J connectivity index is 2.03. The Labute approximate surface area is 89.0 Å². The van der Waals surface area contributed by atoms with Gasteiger partial charge in [0, 0.05) is 18.6 Å². The van der Waals surface area contributed by atoms with E-state index in [4.69, 9.17) is 15.0 Å². The average molecular weight is 211 g/mol. The molecule has 1 aromatic rings. The van der Waals surface area contributed by atoms with Crippen molar-refractivity contribution in [2.24, 2.45) is 5.73 Å². The molecular formula is C10H17N3O2. The fraction of sp³-hybridized carbons (Fsp3) is 0.800. The normalized spacial score (nSPS) is 22.2. The molecule has 1 unspecified atom stereocenters. The van der Waals surface area contributed by atoms with Gasteiger partial charge >= 0.3 is 0 Å². The van der Waals surface area contributed by atoms with E-state index in [1.807, 2.05) is 13.8 Å². The molecule has 1 saturated heterocycles. The molecule has 2 N–H and O–H groups in total. The molecule has 0 radical (unpaired) electrons. The molecule has 1 fully saturated rings. The Bertz CT molecular complexity index is 324. The Morgan fingerprint density at radius 1 is 1.53 bits per heavy atom. The highest BCUT2D eigenvalue weighted by Crippen LogP contribution is 2.26. The first-order valence-corrected chi connectivity index (χ1v) is 5.27. The lowest BCUT2D eigenvalue weighted by Crippen LogP contribution is -2.34. The Hall–Kier alpha value is -0.940. The summed E-state index contributed by atoms with van der Waals surface area (Å²) >= 11 is 0. The molecule has 0 aliphatic carbocycles. The SMILES string of the molecule is CC(C)(N)Cc1nc(C2CCCO2)no1. The molecular weight excluding hydrogens is 194 g/mol. The van der Waals surface area contributed by atoms with Gasteiger partial charge in [0.05, 0.1) is 0 Å². The van der Waals surface area contributed by atoms with Gasteiger partial charge in [0.15, 0.2) is 0 Å². The highest BCUT2D eigenvalue weighted by atomic mass is 16.5. The van der Waals surface area contributed by atoms with Crippen LogP contribution in [0.1, 0.15) is 44.5 Å². The van der Waals surface area contributed by atoms with E-state index >= 15 is 0 Å². The summed E-state index contributed by atoms with van der Waals surface area (Å²) in [6, 6.07) is 0. The second-order valence-electron chi connectivity index (χ2n) is 4.71. The predicted octanol–water partition coefficient (Wildman–Crippen LogP) is 1.20. The summed E-state index contributed by atoms with van der Waals surface area (Å²) in [6.45, 7) is 4.66. The maximum Gasteiger partial charge on any atom is 0.228 e. The molecule has 0 saturated carbocycles. The van der Waals surface area contributed by atoms with E-state index in [-0.39, 0.29) is 11.6 Å². The first-order valence-electron chi connectivity index (χ1n) is 5.27. The number of hydrogen-bond donors (Lipinski definition) is 1. The highest BCUT2D eigenvalue weighted by molar-refractivity contribution is 4.96. The first-order chi connectivity index (χ1) is 7.04. The van der Waals surface area contributed by atoms with Crippen LogP contribution in [0.5, 0.6) is 0 Å². The molecule has 5 heteroatoms. The highest BCUT2D eigenvalue weighted by Gasteiger charge is 2.24. The Kier molecular flexibility index (Phi) is 2.75. The molecule has 84 valence electrons. The van der Waals surface area contributed by atoms with E-state index in [1.165, 1.54) is 0 Å². The van der Waals surface area contributed by atoms with Crippen molar-refractivity contribution in [3.05, 3.63) is 11.7 Å². The van der Waals surface area contributed by atoms with Gasteiger partial charge < -0.3 is 15.0 Å². The molecule has 1 aliphatic rings. The Morgan fingerprint density at radius 3 is 2.93 bits per heavy atom. The molecule has 0 amide bonds. The Morgan fingerprint density at radius 2 is 2.33 bits per heavy atom. The lowest BCUT2D eigenvalue weighted by molar-refractivity contribution is 0.103. The van der Waals surface area contributed by atoms with Gasteiger partial charge in [-0.05, 0) is 26.7 Å². The second-order valence-corrected chi connectivity index (χ2v) is 4.71. The van der Waals surface area contributed by atoms with Crippen LogP contribution in [0.4, 0.5) is 0 Å². The third-order valence-corrected chi connectivity index (χ3v) is 2.31. The topological polar surface area (TPSA) is 74.2 Å². The minimum atomic E-state index is -0.319. The minimum absolute atomic E-state index is 0.0170. The first kappa shape index (κ1) is 10.6. The quantitative estimate of drug-likeness (QED) is 0.813. The largest absolute Gasteiger partial charge is 0.370 e. The summed E-state index contributed by atoms with van der Waals surface area (Å²) in [4.78, 5) is 4.29. The summed E-state index contributed by atoms with van der Waals surface area (Å²) in [5.41, 5.74) is 5.55. The number of nitrogens with zero attached hydrogens (tertiary/aromatic N) is 2. The molecule has 5 nitrogen and oxygen atoms in total. The van der Waals surface area contributed by atoms with Gasteiger partial charge in [0.2, 0.25) is 11.7 Å². The van der Waals surface area contributed by atoms with Crippen molar-refractivity contribution >= 4 is 0 Å². The van der Waals surface area contributed by atoms with Crippen LogP contribution in [0.2, 0.25) is 0 Å². The van der Waals surface area contributed by atoms with Gasteiger partial charge in [-0.25, -0.2) is 0 Å². The number of hydrogen-bond acceptors (Lipinski definition) is 5. The molecule has 2 rings (SSSR count). The van der Waals surface area contributed by atoms with Crippen LogP contribution in [0.3, 0.4) is 0 Å². The van der Waals surface area contributed by atoms with Gasteiger partial charge in [-0.3, -0.25) is 0 Å². The van der Waals surface area contributed by atoms with Crippen molar-refractivity contribution in [3.8, 4) is 0 Å². The molecule has 1 aliphatic heterocycles. The van der Waals surface area contributed by atoms with Crippen molar-refractivity contribution in [1.82, 2.24) is 10.1 Å². The summed E-state index contributed by atoms with van der Waals surface area (Å²) in [6.07, 6.45) is 2.65. The van der Waals surface area contributed by atoms with Crippen molar-refractivity contribution < 1.29 is 9.26 Å². The molecule has 15 heavy (non-hydrogen) atoms. The average Bonchev–Trinajstić information content (AvgIpc) is 2.68. The lowest BCUT2D eigenvalue weighted by atomic mass is 10.0. The van der Waals surface area contributed by atoms with E-state index < -0.39 is 0 Å². The van der Waals surface area contributed by atoms with E-state index in [1.54, 1.807) is 0 Å². The van der Waals surface area contributed by atoms with Gasteiger partial charge in [-0.2, -0.15) is 4.98 Å². The number of aromatic nitrogens is 2. The van der Waals surface area contributed by atoms with Crippen LogP contribution >= 0.6 is 0 Å². The smallest absolute Gasteiger partial charge is 0.228 e. The summed E-state index contributed by atoms with van der Waals surface area (Å²) in [5.74, 6) is 1.25. The van der Waals surface area contributed by atoms with Crippen LogP contribution in [0.15, 0.2) is 4.52 Å². The fourth-order valence-electron chi connectivity index (χ4n) is 1.64. The van der Waals surface area contributed by atoms with Crippen molar-refractivity contribution in [2.45, 2.75) is 44.8 Å². The van der Waals surface area contributed by atoms with Gasteiger partial charge in [0.25, 0.3) is 0 Å². The number of nitrogens with two attached hydrogens (primary N) is 1. The van der Waals surface area contributed by atoms with Crippen molar-refractivity contribution in [2.75, 3.05) is 6.61 Å². The van der Waals surface area contributed by atoms with E-state index in [0.29, 0.717) is 18.1 Å². The third-order valence-electron chi connectivity index (χ3n) is 2.31. The standard InChI is InChI=1S/C10H17N3O2/c1-10(2,11)6-8-12-9(13-15-8)7-4-3-5-14-7/h7H,3-6,11H2,1-2H3. The molecule has 0 bridgehead atoms. The molecule has 1 aromatic heterocycles. The van der Waals surface area contributed by atoms with Crippen LogP contribution < -0.4 is 5.73 Å². The molecule has 2 heterocycles. The van der Waals surface area contributed by atoms with Crippen LogP contribution in [0.25, 0.3) is 0 Å². The lowest BCUT2D eigenvalue weighted by Gasteiger charge is -2.14. The van der Waals surface area contributed by atoms with Crippen LogP contribution in [-0.2, 0) is 11.2 Å². The van der Waals surface area contributed by atoms with E-state index in [9.17, 15) is 0 Å². The van der Waals surface area contributed by atoms with E-state index in [2.05, 4.69) is 10.1 Å². The maximum atomic E-state index is 5.87. The summed E-state index contributed by atoms with van der Waals surface area (Å²) < 4.78 is 10.6. The molecule has 1 atom stereocenters. The van der Waals surface area contributed by atoms with Crippen LogP contribution in [-0.4, -0.2) is 22.3 Å². The third kappa shape index (κ3) is 2.76. The zero-order chi connectivity index (χ0) is 10.9. The van der Waals surface area contributed by atoms with Gasteiger partial charge in [-0.1, -0.05) is 5.16 Å². The number of rotatable bonds is 3. The van der Waals surface area contributed by atoms with Gasteiger partial charge in [0.1, 0.15) is 6.10 Å². The maximum absolute atomic E-state index is 5.87.